The maximum absolute atomic E-state index is 12.3. The van der Waals surface area contributed by atoms with E-state index in [9.17, 15) is 9.59 Å². The van der Waals surface area contributed by atoms with Gasteiger partial charge >= 0.3 is 5.97 Å². The molecule has 5 nitrogen and oxygen atoms in total. The van der Waals surface area contributed by atoms with Gasteiger partial charge in [-0.15, -0.1) is 0 Å². The Bertz CT molecular complexity index is 427. The minimum absolute atomic E-state index is 0.0332. The van der Waals surface area contributed by atoms with Crippen LogP contribution in [0.5, 0.6) is 0 Å². The number of cyclic esters (lactones) is 1. The van der Waals surface area contributed by atoms with E-state index >= 15 is 0 Å². The standard InChI is InChI=1S/C17H26O5/c1-2-3-7-13(18)16-12(10-15(19)21-16)14-11-20-17(22-14)8-5-4-6-9-17/h12,14,16H,2-11H2,1H3/t12-,14+,16-/m0/s1. The van der Waals surface area contributed by atoms with Gasteiger partial charge < -0.3 is 14.2 Å². The lowest BCUT2D eigenvalue weighted by molar-refractivity contribution is -0.193. The van der Waals surface area contributed by atoms with Gasteiger partial charge in [0.15, 0.2) is 17.7 Å². The molecule has 1 spiro atoms. The monoisotopic (exact) mass is 310 g/mol. The Kier molecular flexibility index (Phi) is 4.83. The molecule has 0 amide bonds. The number of Topliss-reactive ketones (excluding diaryl/α,β-unsaturated/α-hetero) is 1. The van der Waals surface area contributed by atoms with Crippen LogP contribution >= 0.6 is 0 Å². The number of ketones is 1. The van der Waals surface area contributed by atoms with Crippen LogP contribution in [0.25, 0.3) is 0 Å². The van der Waals surface area contributed by atoms with Crippen molar-refractivity contribution in [3.05, 3.63) is 0 Å². The summed E-state index contributed by atoms with van der Waals surface area (Å²) in [6, 6.07) is 0. The molecule has 0 N–H and O–H groups in total. The van der Waals surface area contributed by atoms with Crippen LogP contribution in [0.2, 0.25) is 0 Å². The zero-order chi connectivity index (χ0) is 15.6. The first-order valence-electron chi connectivity index (χ1n) is 8.67. The summed E-state index contributed by atoms with van der Waals surface area (Å²) >= 11 is 0. The highest BCUT2D eigenvalue weighted by Crippen LogP contribution is 2.42. The fraction of sp³-hybridized carbons (Fsp3) is 0.882. The molecule has 0 aromatic heterocycles. The van der Waals surface area contributed by atoms with Gasteiger partial charge in [0.2, 0.25) is 0 Å². The molecule has 22 heavy (non-hydrogen) atoms. The molecule has 2 heterocycles. The zero-order valence-corrected chi connectivity index (χ0v) is 13.3. The third-order valence-electron chi connectivity index (χ3n) is 5.11. The van der Waals surface area contributed by atoms with Crippen LogP contribution in [-0.4, -0.2) is 36.4 Å². The lowest BCUT2D eigenvalue weighted by Gasteiger charge is -2.32. The summed E-state index contributed by atoms with van der Waals surface area (Å²) in [5.74, 6) is -0.900. The molecular weight excluding hydrogens is 284 g/mol. The summed E-state index contributed by atoms with van der Waals surface area (Å²) in [7, 11) is 0. The first-order valence-corrected chi connectivity index (χ1v) is 8.67. The van der Waals surface area contributed by atoms with E-state index in [1.165, 1.54) is 6.42 Å². The van der Waals surface area contributed by atoms with E-state index < -0.39 is 11.9 Å². The van der Waals surface area contributed by atoms with Crippen molar-refractivity contribution in [2.45, 2.75) is 82.7 Å². The molecule has 2 aliphatic heterocycles. The molecule has 0 radical (unpaired) electrons. The summed E-state index contributed by atoms with van der Waals surface area (Å²) < 4.78 is 17.4. The summed E-state index contributed by atoms with van der Waals surface area (Å²) in [6.45, 7) is 2.52. The second-order valence-electron chi connectivity index (χ2n) is 6.79. The second kappa shape index (κ2) is 6.67. The molecule has 3 atom stereocenters. The highest BCUT2D eigenvalue weighted by molar-refractivity contribution is 5.88. The number of hydrogen-bond donors (Lipinski definition) is 0. The topological polar surface area (TPSA) is 61.8 Å². The van der Waals surface area contributed by atoms with Crippen LogP contribution < -0.4 is 0 Å². The van der Waals surface area contributed by atoms with Crippen molar-refractivity contribution < 1.29 is 23.8 Å². The number of rotatable bonds is 5. The number of carbonyl (C=O) groups is 2. The quantitative estimate of drug-likeness (QED) is 0.731. The minimum Gasteiger partial charge on any atom is -0.454 e. The first-order chi connectivity index (χ1) is 10.6. The molecule has 124 valence electrons. The predicted octanol–water partition coefficient (Wildman–Crippen LogP) is 2.75. The summed E-state index contributed by atoms with van der Waals surface area (Å²) in [6.07, 6.45) is 7.01. The van der Waals surface area contributed by atoms with Crippen molar-refractivity contribution >= 4 is 11.8 Å². The minimum atomic E-state index is -0.633. The van der Waals surface area contributed by atoms with Crippen molar-refractivity contribution in [3.63, 3.8) is 0 Å². The Morgan fingerprint density at radius 2 is 2.05 bits per heavy atom. The Labute approximate surface area is 131 Å². The van der Waals surface area contributed by atoms with Crippen LogP contribution in [0.15, 0.2) is 0 Å². The van der Waals surface area contributed by atoms with Crippen LogP contribution in [0.4, 0.5) is 0 Å². The number of unbranched alkanes of at least 4 members (excludes halogenated alkanes) is 1. The summed E-state index contributed by atoms with van der Waals surface area (Å²) in [5.41, 5.74) is 0. The molecule has 3 rings (SSSR count). The number of ether oxygens (including phenoxy) is 3. The van der Waals surface area contributed by atoms with E-state index in [0.29, 0.717) is 13.0 Å². The van der Waals surface area contributed by atoms with E-state index in [2.05, 4.69) is 0 Å². The zero-order valence-electron chi connectivity index (χ0n) is 13.3. The van der Waals surface area contributed by atoms with E-state index in [4.69, 9.17) is 14.2 Å². The average molecular weight is 310 g/mol. The largest absolute Gasteiger partial charge is 0.454 e. The van der Waals surface area contributed by atoms with Gasteiger partial charge in [-0.2, -0.15) is 0 Å². The lowest BCUT2D eigenvalue weighted by Crippen LogP contribution is -2.38. The van der Waals surface area contributed by atoms with E-state index in [0.717, 1.165) is 38.5 Å². The molecule has 2 saturated heterocycles. The van der Waals surface area contributed by atoms with Gasteiger partial charge in [-0.05, 0) is 19.3 Å². The smallest absolute Gasteiger partial charge is 0.307 e. The maximum Gasteiger partial charge on any atom is 0.307 e. The SMILES string of the molecule is CCCCC(=O)[C@H]1OC(=O)C[C@H]1[C@H]1COC2(CCCCC2)O1. The Hall–Kier alpha value is -0.940. The first kappa shape index (κ1) is 15.9. The van der Waals surface area contributed by atoms with Crippen molar-refractivity contribution in [2.24, 2.45) is 5.92 Å². The predicted molar refractivity (Wildman–Crippen MR) is 79.2 cm³/mol. The molecule has 0 aromatic carbocycles. The third-order valence-corrected chi connectivity index (χ3v) is 5.11. The molecule has 3 aliphatic rings. The van der Waals surface area contributed by atoms with Gasteiger partial charge in [0.1, 0.15) is 0 Å². The van der Waals surface area contributed by atoms with Crippen molar-refractivity contribution in [1.82, 2.24) is 0 Å². The van der Waals surface area contributed by atoms with E-state index in [1.54, 1.807) is 0 Å². The van der Waals surface area contributed by atoms with Crippen molar-refractivity contribution in [3.8, 4) is 0 Å². The summed E-state index contributed by atoms with van der Waals surface area (Å²) in [5, 5.41) is 0. The molecule has 0 aromatic rings. The molecule has 1 aliphatic carbocycles. The molecule has 0 unspecified atom stereocenters. The molecule has 5 heteroatoms. The van der Waals surface area contributed by atoms with Crippen molar-refractivity contribution in [2.75, 3.05) is 6.61 Å². The Morgan fingerprint density at radius 3 is 2.77 bits per heavy atom. The van der Waals surface area contributed by atoms with Gasteiger partial charge in [0.05, 0.1) is 19.1 Å². The fourth-order valence-corrected chi connectivity index (χ4v) is 3.84. The van der Waals surface area contributed by atoms with Crippen LogP contribution in [0, 0.1) is 5.92 Å². The molecule has 3 fully saturated rings. The molecule has 1 saturated carbocycles. The van der Waals surface area contributed by atoms with Crippen molar-refractivity contribution in [1.29, 1.82) is 0 Å². The number of carbonyl (C=O) groups excluding carboxylic acids is 2. The third kappa shape index (κ3) is 3.20. The van der Waals surface area contributed by atoms with Gasteiger partial charge in [-0.1, -0.05) is 19.8 Å². The van der Waals surface area contributed by atoms with Crippen LogP contribution in [0.1, 0.15) is 64.7 Å². The fourth-order valence-electron chi connectivity index (χ4n) is 3.84. The average Bonchev–Trinajstić information content (AvgIpc) is 3.10. The lowest BCUT2D eigenvalue weighted by atomic mass is 9.90. The Balaban J connectivity index is 1.64. The highest BCUT2D eigenvalue weighted by Gasteiger charge is 2.51. The van der Waals surface area contributed by atoms with E-state index in [-0.39, 0.29) is 30.2 Å². The van der Waals surface area contributed by atoms with Crippen LogP contribution in [-0.2, 0) is 23.8 Å². The maximum atomic E-state index is 12.3. The van der Waals surface area contributed by atoms with E-state index in [1.807, 2.05) is 6.92 Å². The highest BCUT2D eigenvalue weighted by atomic mass is 16.7. The summed E-state index contributed by atoms with van der Waals surface area (Å²) in [4.78, 5) is 24.0. The van der Waals surface area contributed by atoms with Gasteiger partial charge in [-0.25, -0.2) is 0 Å². The van der Waals surface area contributed by atoms with Gasteiger partial charge in [0, 0.05) is 25.2 Å². The number of hydrogen-bond acceptors (Lipinski definition) is 5. The normalized spacial score (nSPS) is 34.0. The van der Waals surface area contributed by atoms with Gasteiger partial charge in [0.25, 0.3) is 0 Å². The second-order valence-corrected chi connectivity index (χ2v) is 6.79. The number of esters is 1. The molecule has 0 bridgehead atoms. The molecular formula is C17H26O5. The Morgan fingerprint density at radius 1 is 1.27 bits per heavy atom. The van der Waals surface area contributed by atoms with Crippen LogP contribution in [0.3, 0.4) is 0 Å². The van der Waals surface area contributed by atoms with Gasteiger partial charge in [-0.3, -0.25) is 9.59 Å².